The number of aromatic nitrogens is 2. The minimum Gasteiger partial charge on any atom is -0.370 e. The van der Waals surface area contributed by atoms with E-state index in [1.807, 2.05) is 13.8 Å². The third kappa shape index (κ3) is 2.67. The maximum Gasteiger partial charge on any atom is 0.246 e. The van der Waals surface area contributed by atoms with Crippen LogP contribution in [0.25, 0.3) is 0 Å². The van der Waals surface area contributed by atoms with Gasteiger partial charge in [0.05, 0.1) is 5.54 Å². The van der Waals surface area contributed by atoms with Crippen LogP contribution in [0.5, 0.6) is 0 Å². The molecular formula is C14H25N3O2. The molecule has 0 aliphatic heterocycles. The summed E-state index contributed by atoms with van der Waals surface area (Å²) in [5, 5.41) is 4.08. The Balaban J connectivity index is 2.25. The highest BCUT2D eigenvalue weighted by atomic mass is 16.5. The second kappa shape index (κ2) is 5.21. The number of hydrogen-bond donors (Lipinski definition) is 1. The molecule has 1 aromatic heterocycles. The molecule has 1 aliphatic rings. The van der Waals surface area contributed by atoms with E-state index in [1.165, 1.54) is 6.42 Å². The molecule has 3 unspecified atom stereocenters. The SMILES string of the molecule is CCC(C)(OC)c1noc(C2(N)CCCC(C)C2)n1. The van der Waals surface area contributed by atoms with Crippen LogP contribution in [0.15, 0.2) is 4.52 Å². The van der Waals surface area contributed by atoms with Crippen molar-refractivity contribution < 1.29 is 9.26 Å². The minimum atomic E-state index is -0.502. The summed E-state index contributed by atoms with van der Waals surface area (Å²) in [7, 11) is 1.67. The Bertz CT molecular complexity index is 428. The molecule has 108 valence electrons. The van der Waals surface area contributed by atoms with E-state index in [9.17, 15) is 0 Å². The summed E-state index contributed by atoms with van der Waals surface area (Å²) >= 11 is 0. The first-order valence-electron chi connectivity index (χ1n) is 7.12. The Hall–Kier alpha value is -0.940. The van der Waals surface area contributed by atoms with Crippen LogP contribution in [0, 0.1) is 5.92 Å². The van der Waals surface area contributed by atoms with E-state index in [4.69, 9.17) is 15.0 Å². The van der Waals surface area contributed by atoms with Crippen LogP contribution in [0.1, 0.15) is 64.6 Å². The second-order valence-electron chi connectivity index (χ2n) is 6.07. The highest BCUT2D eigenvalue weighted by Crippen LogP contribution is 2.38. The van der Waals surface area contributed by atoms with E-state index in [-0.39, 0.29) is 0 Å². The molecule has 19 heavy (non-hydrogen) atoms. The van der Waals surface area contributed by atoms with Crippen molar-refractivity contribution in [2.24, 2.45) is 11.7 Å². The standard InChI is InChI=1S/C14H25N3O2/c1-5-13(3,18-4)11-16-12(19-17-11)14(15)8-6-7-10(2)9-14/h10H,5-9,15H2,1-4H3. The number of nitrogens with zero attached hydrogens (tertiary/aromatic N) is 2. The van der Waals surface area contributed by atoms with Crippen LogP contribution in [-0.2, 0) is 15.9 Å². The zero-order chi connectivity index (χ0) is 14.1. The summed E-state index contributed by atoms with van der Waals surface area (Å²) in [6.45, 7) is 6.23. The van der Waals surface area contributed by atoms with E-state index in [1.54, 1.807) is 7.11 Å². The predicted octanol–water partition coefficient (Wildman–Crippen LogP) is 2.71. The molecule has 5 nitrogen and oxygen atoms in total. The molecule has 0 saturated heterocycles. The zero-order valence-corrected chi connectivity index (χ0v) is 12.4. The monoisotopic (exact) mass is 267 g/mol. The van der Waals surface area contributed by atoms with Gasteiger partial charge >= 0.3 is 0 Å². The van der Waals surface area contributed by atoms with Crippen molar-refractivity contribution >= 4 is 0 Å². The summed E-state index contributed by atoms with van der Waals surface area (Å²) < 4.78 is 10.9. The van der Waals surface area contributed by atoms with Gasteiger partial charge in [-0.2, -0.15) is 4.98 Å². The largest absolute Gasteiger partial charge is 0.370 e. The predicted molar refractivity (Wildman–Crippen MR) is 72.4 cm³/mol. The second-order valence-corrected chi connectivity index (χ2v) is 6.07. The quantitative estimate of drug-likeness (QED) is 0.907. The topological polar surface area (TPSA) is 74.2 Å². The molecule has 2 rings (SSSR count). The molecule has 0 spiro atoms. The lowest BCUT2D eigenvalue weighted by molar-refractivity contribution is -0.0106. The molecular weight excluding hydrogens is 242 g/mol. The zero-order valence-electron chi connectivity index (χ0n) is 12.4. The average Bonchev–Trinajstić information content (AvgIpc) is 2.88. The van der Waals surface area contributed by atoms with Gasteiger partial charge < -0.3 is 15.0 Å². The van der Waals surface area contributed by atoms with E-state index >= 15 is 0 Å². The first-order chi connectivity index (χ1) is 8.93. The highest BCUT2D eigenvalue weighted by Gasteiger charge is 2.40. The average molecular weight is 267 g/mol. The van der Waals surface area contributed by atoms with Gasteiger partial charge in [0.1, 0.15) is 5.60 Å². The molecule has 0 radical (unpaired) electrons. The Morgan fingerprint density at radius 1 is 1.58 bits per heavy atom. The Morgan fingerprint density at radius 3 is 2.89 bits per heavy atom. The van der Waals surface area contributed by atoms with Gasteiger partial charge in [-0.3, -0.25) is 0 Å². The maximum absolute atomic E-state index is 6.47. The lowest BCUT2D eigenvalue weighted by Gasteiger charge is -2.33. The fourth-order valence-corrected chi connectivity index (χ4v) is 2.82. The van der Waals surface area contributed by atoms with Crippen LogP contribution >= 0.6 is 0 Å². The fourth-order valence-electron chi connectivity index (χ4n) is 2.82. The van der Waals surface area contributed by atoms with Crippen molar-refractivity contribution in [2.75, 3.05) is 7.11 Å². The minimum absolute atomic E-state index is 0.467. The van der Waals surface area contributed by atoms with E-state index in [2.05, 4.69) is 17.1 Å². The van der Waals surface area contributed by atoms with Gasteiger partial charge in [-0.1, -0.05) is 31.8 Å². The number of rotatable bonds is 4. The van der Waals surface area contributed by atoms with Crippen molar-refractivity contribution in [2.45, 2.75) is 64.0 Å². The van der Waals surface area contributed by atoms with E-state index < -0.39 is 11.1 Å². The van der Waals surface area contributed by atoms with Crippen LogP contribution in [0.3, 0.4) is 0 Å². The molecule has 1 aromatic rings. The summed E-state index contributed by atoms with van der Waals surface area (Å²) in [6, 6.07) is 0. The van der Waals surface area contributed by atoms with Crippen LogP contribution in [0.4, 0.5) is 0 Å². The number of nitrogens with two attached hydrogens (primary N) is 1. The first kappa shape index (κ1) is 14.5. The summed E-state index contributed by atoms with van der Waals surface area (Å²) in [5.41, 5.74) is 5.50. The van der Waals surface area contributed by atoms with Gasteiger partial charge in [-0.25, -0.2) is 0 Å². The van der Waals surface area contributed by atoms with E-state index in [0.717, 1.165) is 25.7 Å². The molecule has 0 bridgehead atoms. The van der Waals surface area contributed by atoms with Gasteiger partial charge in [0.25, 0.3) is 0 Å². The van der Waals surface area contributed by atoms with E-state index in [0.29, 0.717) is 17.6 Å². The van der Waals surface area contributed by atoms with Crippen LogP contribution in [0.2, 0.25) is 0 Å². The van der Waals surface area contributed by atoms with Crippen LogP contribution in [-0.4, -0.2) is 17.3 Å². The number of methoxy groups -OCH3 is 1. The first-order valence-corrected chi connectivity index (χ1v) is 7.12. The van der Waals surface area contributed by atoms with Crippen molar-refractivity contribution in [1.29, 1.82) is 0 Å². The molecule has 1 aliphatic carbocycles. The lowest BCUT2D eigenvalue weighted by atomic mass is 9.77. The number of ether oxygens (including phenoxy) is 1. The number of hydrogen-bond acceptors (Lipinski definition) is 5. The van der Waals surface area contributed by atoms with Gasteiger partial charge in [0.15, 0.2) is 0 Å². The van der Waals surface area contributed by atoms with Crippen LogP contribution < -0.4 is 5.73 Å². The van der Waals surface area contributed by atoms with Crippen molar-refractivity contribution in [1.82, 2.24) is 10.1 Å². The third-order valence-corrected chi connectivity index (χ3v) is 4.48. The van der Waals surface area contributed by atoms with Gasteiger partial charge in [0.2, 0.25) is 11.7 Å². The molecule has 1 heterocycles. The molecule has 5 heteroatoms. The van der Waals surface area contributed by atoms with Gasteiger partial charge in [0, 0.05) is 7.11 Å². The Kier molecular flexibility index (Phi) is 3.97. The van der Waals surface area contributed by atoms with Crippen molar-refractivity contribution in [3.8, 4) is 0 Å². The molecule has 3 atom stereocenters. The fraction of sp³-hybridized carbons (Fsp3) is 0.857. The lowest BCUT2D eigenvalue weighted by Crippen LogP contribution is -2.41. The Morgan fingerprint density at radius 2 is 2.32 bits per heavy atom. The maximum atomic E-state index is 6.47. The van der Waals surface area contributed by atoms with Gasteiger partial charge in [-0.15, -0.1) is 0 Å². The molecule has 0 amide bonds. The summed E-state index contributed by atoms with van der Waals surface area (Å²) in [6.07, 6.45) is 4.95. The molecule has 1 fully saturated rings. The normalized spacial score (nSPS) is 31.1. The van der Waals surface area contributed by atoms with Crippen molar-refractivity contribution in [3.63, 3.8) is 0 Å². The molecule has 0 aromatic carbocycles. The smallest absolute Gasteiger partial charge is 0.246 e. The Labute approximate surface area is 114 Å². The highest BCUT2D eigenvalue weighted by molar-refractivity contribution is 5.07. The molecule has 1 saturated carbocycles. The third-order valence-electron chi connectivity index (χ3n) is 4.48. The van der Waals surface area contributed by atoms with Gasteiger partial charge in [-0.05, 0) is 32.1 Å². The summed E-state index contributed by atoms with van der Waals surface area (Å²) in [4.78, 5) is 4.53. The molecule has 2 N–H and O–H groups in total. The summed E-state index contributed by atoms with van der Waals surface area (Å²) in [5.74, 6) is 1.76. The van der Waals surface area contributed by atoms with Crippen molar-refractivity contribution in [3.05, 3.63) is 11.7 Å².